The molecule has 8 heteroatoms. The molecule has 3 rings (SSSR count). The molecule has 0 radical (unpaired) electrons. The van der Waals surface area contributed by atoms with Gasteiger partial charge in [-0.3, -0.25) is 9.48 Å². The largest absolute Gasteiger partial charge is 0.342 e. The fourth-order valence-electron chi connectivity index (χ4n) is 2.31. The predicted molar refractivity (Wildman–Crippen MR) is 93.2 cm³/mol. The van der Waals surface area contributed by atoms with Crippen LogP contribution in [0.2, 0.25) is 5.02 Å². The summed E-state index contributed by atoms with van der Waals surface area (Å²) >= 11 is 6.12. The van der Waals surface area contributed by atoms with Gasteiger partial charge in [-0.2, -0.15) is 10.1 Å². The minimum atomic E-state index is -0.251. The Kier molecular flexibility index (Phi) is 4.85. The fraction of sp³-hybridized carbons (Fsp3) is 0.294. The van der Waals surface area contributed by atoms with Crippen LogP contribution in [0.3, 0.4) is 0 Å². The molecule has 3 aromatic rings. The molecular formula is C17H18ClN5O2. The molecule has 0 unspecified atom stereocenters. The van der Waals surface area contributed by atoms with Crippen molar-refractivity contribution in [2.75, 3.05) is 0 Å². The number of carbonyl (C=O) groups excluding carboxylic acids is 1. The molecule has 0 fully saturated rings. The maximum Gasteiger partial charge on any atom is 0.269 e. The second-order valence-electron chi connectivity index (χ2n) is 5.91. The van der Waals surface area contributed by atoms with Crippen LogP contribution >= 0.6 is 11.6 Å². The Labute approximate surface area is 150 Å². The second-order valence-corrected chi connectivity index (χ2v) is 6.31. The third-order valence-corrected chi connectivity index (χ3v) is 4.04. The second kappa shape index (κ2) is 7.06. The molecule has 1 N–H and O–H groups in total. The summed E-state index contributed by atoms with van der Waals surface area (Å²) in [5.74, 6) is 0.688. The average Bonchev–Trinajstić information content (AvgIpc) is 3.20. The quantitative estimate of drug-likeness (QED) is 0.756. The average molecular weight is 360 g/mol. The first-order chi connectivity index (χ1) is 12.0. The highest BCUT2D eigenvalue weighted by Gasteiger charge is 2.16. The van der Waals surface area contributed by atoms with E-state index in [-0.39, 0.29) is 18.4 Å². The summed E-state index contributed by atoms with van der Waals surface area (Å²) in [5, 5.41) is 11.5. The molecule has 0 saturated carbocycles. The molecule has 0 spiro atoms. The SMILES string of the molecule is CC(C)c1cc(C(=O)NCc2nc(-c3ccccc3Cl)no2)n(C)n1. The van der Waals surface area contributed by atoms with Gasteiger partial charge in [0, 0.05) is 12.6 Å². The first-order valence-electron chi connectivity index (χ1n) is 7.85. The van der Waals surface area contributed by atoms with E-state index < -0.39 is 0 Å². The number of amides is 1. The molecular weight excluding hydrogens is 342 g/mol. The molecule has 2 aromatic heterocycles. The number of nitrogens with zero attached hydrogens (tertiary/aromatic N) is 4. The Bertz CT molecular complexity index is 900. The van der Waals surface area contributed by atoms with Gasteiger partial charge in [-0.1, -0.05) is 42.7 Å². The van der Waals surface area contributed by atoms with Crippen molar-refractivity contribution in [2.24, 2.45) is 7.05 Å². The maximum atomic E-state index is 12.3. The van der Waals surface area contributed by atoms with Crippen molar-refractivity contribution in [3.8, 4) is 11.4 Å². The van der Waals surface area contributed by atoms with Crippen molar-refractivity contribution in [2.45, 2.75) is 26.3 Å². The molecule has 130 valence electrons. The summed E-state index contributed by atoms with van der Waals surface area (Å²) in [7, 11) is 1.74. The lowest BCUT2D eigenvalue weighted by Gasteiger charge is -2.01. The van der Waals surface area contributed by atoms with E-state index in [4.69, 9.17) is 16.1 Å². The zero-order valence-corrected chi connectivity index (χ0v) is 14.9. The summed E-state index contributed by atoms with van der Waals surface area (Å²) < 4.78 is 6.74. The van der Waals surface area contributed by atoms with E-state index in [0.29, 0.717) is 28.0 Å². The van der Waals surface area contributed by atoms with E-state index in [2.05, 4.69) is 20.6 Å². The standard InChI is InChI=1S/C17H18ClN5O2/c1-10(2)13-8-14(23(3)21-13)17(24)19-9-15-20-16(22-25-15)11-6-4-5-7-12(11)18/h4-8,10H,9H2,1-3H3,(H,19,24). The van der Waals surface area contributed by atoms with Gasteiger partial charge in [0.1, 0.15) is 5.69 Å². The van der Waals surface area contributed by atoms with Crippen LogP contribution in [-0.4, -0.2) is 25.8 Å². The Morgan fingerprint density at radius 2 is 2.12 bits per heavy atom. The molecule has 25 heavy (non-hydrogen) atoms. The van der Waals surface area contributed by atoms with Gasteiger partial charge in [0.2, 0.25) is 11.7 Å². The number of hydrogen-bond acceptors (Lipinski definition) is 5. The summed E-state index contributed by atoms with van der Waals surface area (Å²) in [6, 6.07) is 9.01. The Morgan fingerprint density at radius 1 is 1.36 bits per heavy atom. The molecule has 0 aliphatic heterocycles. The highest BCUT2D eigenvalue weighted by atomic mass is 35.5. The van der Waals surface area contributed by atoms with Crippen LogP contribution < -0.4 is 5.32 Å². The number of benzene rings is 1. The highest BCUT2D eigenvalue weighted by Crippen LogP contribution is 2.24. The molecule has 0 saturated heterocycles. The molecule has 7 nitrogen and oxygen atoms in total. The van der Waals surface area contributed by atoms with Gasteiger partial charge in [0.15, 0.2) is 0 Å². The molecule has 0 atom stereocenters. The van der Waals surface area contributed by atoms with Crippen molar-refractivity contribution in [3.05, 3.63) is 52.6 Å². The normalized spacial score (nSPS) is 11.1. The number of rotatable bonds is 5. The van der Waals surface area contributed by atoms with Crippen LogP contribution in [0.15, 0.2) is 34.9 Å². The lowest BCUT2D eigenvalue weighted by atomic mass is 10.1. The topological polar surface area (TPSA) is 85.8 Å². The molecule has 0 bridgehead atoms. The number of aromatic nitrogens is 4. The minimum Gasteiger partial charge on any atom is -0.342 e. The summed E-state index contributed by atoms with van der Waals surface area (Å²) in [4.78, 5) is 16.6. The van der Waals surface area contributed by atoms with E-state index in [9.17, 15) is 4.79 Å². The number of halogens is 1. The monoisotopic (exact) mass is 359 g/mol. The first kappa shape index (κ1) is 17.2. The van der Waals surface area contributed by atoms with E-state index in [1.165, 1.54) is 0 Å². The van der Waals surface area contributed by atoms with Crippen LogP contribution in [0.5, 0.6) is 0 Å². The number of aryl methyl sites for hydroxylation is 1. The zero-order valence-electron chi connectivity index (χ0n) is 14.2. The minimum absolute atomic E-state index is 0.123. The van der Waals surface area contributed by atoms with E-state index in [0.717, 1.165) is 5.69 Å². The van der Waals surface area contributed by atoms with Crippen molar-refractivity contribution in [1.29, 1.82) is 0 Å². The Morgan fingerprint density at radius 3 is 2.80 bits per heavy atom. The summed E-state index contributed by atoms with van der Waals surface area (Å²) in [5.41, 5.74) is 2.03. The fourth-order valence-corrected chi connectivity index (χ4v) is 2.53. The first-order valence-corrected chi connectivity index (χ1v) is 8.23. The smallest absolute Gasteiger partial charge is 0.269 e. The highest BCUT2D eigenvalue weighted by molar-refractivity contribution is 6.33. The van der Waals surface area contributed by atoms with E-state index in [1.807, 2.05) is 26.0 Å². The van der Waals surface area contributed by atoms with Crippen molar-refractivity contribution >= 4 is 17.5 Å². The molecule has 0 aliphatic carbocycles. The van der Waals surface area contributed by atoms with Gasteiger partial charge in [-0.15, -0.1) is 0 Å². The summed E-state index contributed by atoms with van der Waals surface area (Å²) in [6.45, 7) is 4.18. The number of hydrogen-bond donors (Lipinski definition) is 1. The van der Waals surface area contributed by atoms with Crippen molar-refractivity contribution in [1.82, 2.24) is 25.2 Å². The lowest BCUT2D eigenvalue weighted by Crippen LogP contribution is -2.25. The number of nitrogens with one attached hydrogen (secondary N) is 1. The molecule has 0 aliphatic rings. The summed E-state index contributed by atoms with van der Waals surface area (Å²) in [6.07, 6.45) is 0. The third kappa shape index (κ3) is 3.71. The van der Waals surface area contributed by atoms with Gasteiger partial charge in [0.25, 0.3) is 5.91 Å². The van der Waals surface area contributed by atoms with Crippen LogP contribution in [0.1, 0.15) is 41.8 Å². The Balaban J connectivity index is 1.68. The van der Waals surface area contributed by atoms with Gasteiger partial charge in [0.05, 0.1) is 17.3 Å². The lowest BCUT2D eigenvalue weighted by molar-refractivity contribution is 0.0937. The van der Waals surface area contributed by atoms with Gasteiger partial charge >= 0.3 is 0 Å². The van der Waals surface area contributed by atoms with E-state index >= 15 is 0 Å². The van der Waals surface area contributed by atoms with Crippen molar-refractivity contribution < 1.29 is 9.32 Å². The van der Waals surface area contributed by atoms with Crippen molar-refractivity contribution in [3.63, 3.8) is 0 Å². The van der Waals surface area contributed by atoms with Gasteiger partial charge < -0.3 is 9.84 Å². The zero-order chi connectivity index (χ0) is 18.0. The molecule has 1 amide bonds. The van der Waals surface area contributed by atoms with Crippen LogP contribution in [-0.2, 0) is 13.6 Å². The van der Waals surface area contributed by atoms with Crippen LogP contribution in [0, 0.1) is 0 Å². The maximum absolute atomic E-state index is 12.3. The van der Waals surface area contributed by atoms with E-state index in [1.54, 1.807) is 29.9 Å². The van der Waals surface area contributed by atoms with Crippen LogP contribution in [0.4, 0.5) is 0 Å². The Hall–Kier alpha value is -2.67. The van der Waals surface area contributed by atoms with Crippen LogP contribution in [0.25, 0.3) is 11.4 Å². The third-order valence-electron chi connectivity index (χ3n) is 3.71. The van der Waals surface area contributed by atoms with Gasteiger partial charge in [-0.25, -0.2) is 0 Å². The number of carbonyl (C=O) groups is 1. The molecule has 2 heterocycles. The molecule has 1 aromatic carbocycles. The predicted octanol–water partition coefficient (Wildman–Crippen LogP) is 3.18. The van der Waals surface area contributed by atoms with Gasteiger partial charge in [-0.05, 0) is 24.1 Å².